The fourth-order valence-electron chi connectivity index (χ4n) is 6.96. The highest BCUT2D eigenvalue weighted by atomic mass is 16.3. The predicted molar refractivity (Wildman–Crippen MR) is 202 cm³/mol. The second-order valence-electron chi connectivity index (χ2n) is 12.1. The summed E-state index contributed by atoms with van der Waals surface area (Å²) < 4.78 is 6.59. The Labute approximate surface area is 279 Å². The predicted octanol–water partition coefficient (Wildman–Crippen LogP) is 13.2. The molecule has 0 spiro atoms. The minimum absolute atomic E-state index is 0.898. The zero-order valence-electron chi connectivity index (χ0n) is 26.3. The maximum atomic E-state index is 6.59. The molecule has 0 aliphatic rings. The average molecular weight is 614 g/mol. The third kappa shape index (κ3) is 4.83. The summed E-state index contributed by atoms with van der Waals surface area (Å²) in [7, 11) is 0. The van der Waals surface area contributed by atoms with E-state index >= 15 is 0 Å². The molecule has 0 amide bonds. The van der Waals surface area contributed by atoms with Gasteiger partial charge in [0.25, 0.3) is 0 Å². The van der Waals surface area contributed by atoms with E-state index in [2.05, 4.69) is 187 Å². The van der Waals surface area contributed by atoms with Crippen molar-refractivity contribution in [3.63, 3.8) is 0 Å². The molecule has 0 fully saturated rings. The molecule has 0 saturated heterocycles. The van der Waals surface area contributed by atoms with Crippen molar-refractivity contribution in [3.05, 3.63) is 188 Å². The minimum atomic E-state index is 0.898. The van der Waals surface area contributed by atoms with Crippen molar-refractivity contribution < 1.29 is 4.42 Å². The van der Waals surface area contributed by atoms with Crippen molar-refractivity contribution in [3.8, 4) is 33.4 Å². The van der Waals surface area contributed by atoms with E-state index in [1.54, 1.807) is 0 Å². The van der Waals surface area contributed by atoms with E-state index in [-0.39, 0.29) is 0 Å². The molecule has 226 valence electrons. The Kier molecular flexibility index (Phi) is 6.84. The molecular weight excluding hydrogens is 583 g/mol. The summed E-state index contributed by atoms with van der Waals surface area (Å²) in [6.07, 6.45) is 0. The molecule has 1 aromatic heterocycles. The van der Waals surface area contributed by atoms with Gasteiger partial charge in [-0.3, -0.25) is 0 Å². The SMILES string of the molecule is c1ccc(-c2ccc(-c3ccc(N(c4ccccc4)c4cccc5c4cc(-c4ccccc4)c4oc6ccccc6c45)cc3)cc2)cc1. The maximum absolute atomic E-state index is 6.59. The Morgan fingerprint density at radius 1 is 0.354 bits per heavy atom. The molecule has 0 saturated carbocycles. The molecule has 0 N–H and O–H groups in total. The van der Waals surface area contributed by atoms with Crippen molar-refractivity contribution in [2.75, 3.05) is 4.90 Å². The van der Waals surface area contributed by atoms with Crippen LogP contribution in [0.1, 0.15) is 0 Å². The second-order valence-corrected chi connectivity index (χ2v) is 12.1. The number of benzene rings is 8. The van der Waals surface area contributed by atoms with Crippen LogP contribution < -0.4 is 4.90 Å². The van der Waals surface area contributed by atoms with E-state index in [1.165, 1.54) is 33.0 Å². The third-order valence-corrected chi connectivity index (χ3v) is 9.27. The first-order valence-corrected chi connectivity index (χ1v) is 16.4. The topological polar surface area (TPSA) is 16.4 Å². The molecular formula is C46H31NO. The Morgan fingerprint density at radius 2 is 0.854 bits per heavy atom. The molecule has 1 heterocycles. The van der Waals surface area contributed by atoms with E-state index in [0.717, 1.165) is 50.1 Å². The van der Waals surface area contributed by atoms with Gasteiger partial charge in [-0.05, 0) is 75.7 Å². The van der Waals surface area contributed by atoms with Gasteiger partial charge in [0.15, 0.2) is 0 Å². The molecule has 0 atom stereocenters. The summed E-state index contributed by atoms with van der Waals surface area (Å²) in [6, 6.07) is 66.8. The maximum Gasteiger partial charge on any atom is 0.143 e. The fraction of sp³-hybridized carbons (Fsp3) is 0. The molecule has 2 nitrogen and oxygen atoms in total. The van der Waals surface area contributed by atoms with Crippen LogP contribution in [-0.2, 0) is 0 Å². The summed E-state index contributed by atoms with van der Waals surface area (Å²) in [4.78, 5) is 2.37. The van der Waals surface area contributed by atoms with Crippen molar-refractivity contribution in [2.45, 2.75) is 0 Å². The van der Waals surface area contributed by atoms with Crippen molar-refractivity contribution >= 4 is 49.8 Å². The highest BCUT2D eigenvalue weighted by Gasteiger charge is 2.21. The summed E-state index contributed by atoms with van der Waals surface area (Å²) in [5, 5.41) is 4.61. The van der Waals surface area contributed by atoms with Crippen LogP contribution >= 0.6 is 0 Å². The van der Waals surface area contributed by atoms with E-state index in [1.807, 2.05) is 6.07 Å². The van der Waals surface area contributed by atoms with E-state index in [9.17, 15) is 0 Å². The van der Waals surface area contributed by atoms with Crippen LogP contribution in [-0.4, -0.2) is 0 Å². The van der Waals surface area contributed by atoms with Gasteiger partial charge in [0, 0.05) is 33.1 Å². The number of para-hydroxylation sites is 2. The van der Waals surface area contributed by atoms with Crippen LogP contribution in [0.15, 0.2) is 192 Å². The zero-order valence-corrected chi connectivity index (χ0v) is 26.3. The number of hydrogen-bond acceptors (Lipinski definition) is 2. The molecule has 0 radical (unpaired) electrons. The first-order chi connectivity index (χ1) is 23.8. The molecule has 0 unspecified atom stereocenters. The number of fused-ring (bicyclic) bond motifs is 5. The van der Waals surface area contributed by atoms with Gasteiger partial charge in [-0.25, -0.2) is 0 Å². The smallest absolute Gasteiger partial charge is 0.143 e. The number of nitrogens with zero attached hydrogens (tertiary/aromatic N) is 1. The number of anilines is 3. The van der Waals surface area contributed by atoms with E-state index in [0.29, 0.717) is 0 Å². The van der Waals surface area contributed by atoms with Gasteiger partial charge in [-0.1, -0.05) is 146 Å². The Bertz CT molecular complexity index is 2520. The zero-order chi connectivity index (χ0) is 31.9. The van der Waals surface area contributed by atoms with Gasteiger partial charge in [0.1, 0.15) is 11.2 Å². The van der Waals surface area contributed by atoms with Crippen LogP contribution in [0.25, 0.3) is 66.1 Å². The third-order valence-electron chi connectivity index (χ3n) is 9.27. The Morgan fingerprint density at radius 3 is 1.52 bits per heavy atom. The largest absolute Gasteiger partial charge is 0.455 e. The van der Waals surface area contributed by atoms with Gasteiger partial charge in [0.05, 0.1) is 5.69 Å². The van der Waals surface area contributed by atoms with Crippen LogP contribution in [0.2, 0.25) is 0 Å². The van der Waals surface area contributed by atoms with Gasteiger partial charge in [-0.2, -0.15) is 0 Å². The monoisotopic (exact) mass is 613 g/mol. The van der Waals surface area contributed by atoms with Crippen molar-refractivity contribution in [1.82, 2.24) is 0 Å². The van der Waals surface area contributed by atoms with Gasteiger partial charge in [0.2, 0.25) is 0 Å². The average Bonchev–Trinajstić information content (AvgIpc) is 3.56. The lowest BCUT2D eigenvalue weighted by molar-refractivity contribution is 0.670. The molecule has 0 bridgehead atoms. The fourth-order valence-corrected chi connectivity index (χ4v) is 6.96. The summed E-state index contributed by atoms with van der Waals surface area (Å²) in [5.41, 5.74) is 12.2. The molecule has 0 aliphatic heterocycles. The quantitative estimate of drug-likeness (QED) is 0.185. The number of hydrogen-bond donors (Lipinski definition) is 0. The molecule has 8 aromatic carbocycles. The summed E-state index contributed by atoms with van der Waals surface area (Å²) >= 11 is 0. The lowest BCUT2D eigenvalue weighted by atomic mass is 9.95. The van der Waals surface area contributed by atoms with Crippen LogP contribution in [0.5, 0.6) is 0 Å². The standard InChI is InChI=1S/C46H31NO/c1-4-13-32(14-5-1)33-23-25-34(26-24-33)35-27-29-38(30-28-35)47(37-17-8-3-9-18-37)43-21-12-20-39-42(43)31-41(36-15-6-2-7-16-36)46-45(39)40-19-10-11-22-44(40)48-46/h1-31H. The molecule has 0 aliphatic carbocycles. The number of rotatable bonds is 6. The van der Waals surface area contributed by atoms with Gasteiger partial charge < -0.3 is 9.32 Å². The molecule has 9 aromatic rings. The highest BCUT2D eigenvalue weighted by Crippen LogP contribution is 2.46. The Balaban J connectivity index is 1.21. The second kappa shape index (κ2) is 11.8. The van der Waals surface area contributed by atoms with E-state index in [4.69, 9.17) is 4.42 Å². The lowest BCUT2D eigenvalue weighted by Crippen LogP contribution is -2.10. The summed E-state index contributed by atoms with van der Waals surface area (Å²) in [5.74, 6) is 0. The molecule has 9 rings (SSSR count). The van der Waals surface area contributed by atoms with Gasteiger partial charge >= 0.3 is 0 Å². The first-order valence-electron chi connectivity index (χ1n) is 16.4. The first kappa shape index (κ1) is 27.9. The summed E-state index contributed by atoms with van der Waals surface area (Å²) in [6.45, 7) is 0. The van der Waals surface area contributed by atoms with Crippen LogP contribution in [0, 0.1) is 0 Å². The molecule has 2 heteroatoms. The number of furan rings is 1. The normalized spacial score (nSPS) is 11.3. The van der Waals surface area contributed by atoms with Crippen molar-refractivity contribution in [2.24, 2.45) is 0 Å². The van der Waals surface area contributed by atoms with Crippen LogP contribution in [0.3, 0.4) is 0 Å². The minimum Gasteiger partial charge on any atom is -0.455 e. The lowest BCUT2D eigenvalue weighted by Gasteiger charge is -2.27. The highest BCUT2D eigenvalue weighted by molar-refractivity contribution is 6.24. The van der Waals surface area contributed by atoms with E-state index < -0.39 is 0 Å². The van der Waals surface area contributed by atoms with Crippen molar-refractivity contribution in [1.29, 1.82) is 0 Å². The molecule has 48 heavy (non-hydrogen) atoms. The van der Waals surface area contributed by atoms with Crippen LogP contribution in [0.4, 0.5) is 17.1 Å². The van der Waals surface area contributed by atoms with Gasteiger partial charge in [-0.15, -0.1) is 0 Å². The Hall–Kier alpha value is -6.38.